The molecule has 5 heteroatoms. The number of rotatable bonds is 6. The van der Waals surface area contributed by atoms with Gasteiger partial charge in [0.2, 0.25) is 10.0 Å². The van der Waals surface area contributed by atoms with Crippen molar-refractivity contribution in [3.63, 3.8) is 0 Å². The Morgan fingerprint density at radius 1 is 1.33 bits per heavy atom. The van der Waals surface area contributed by atoms with Gasteiger partial charge in [-0.15, -0.1) is 0 Å². The molecule has 0 aromatic rings. The average Bonchev–Trinajstić information content (AvgIpc) is 2.29. The lowest BCUT2D eigenvalue weighted by Gasteiger charge is -2.34. The maximum atomic E-state index is 11.8. The Balaban J connectivity index is 2.39. The molecule has 0 amide bonds. The van der Waals surface area contributed by atoms with Gasteiger partial charge in [-0.05, 0) is 43.9 Å². The molecule has 2 N–H and O–H groups in total. The van der Waals surface area contributed by atoms with Crippen molar-refractivity contribution in [3.8, 4) is 0 Å². The first-order valence-corrected chi connectivity index (χ1v) is 8.57. The van der Waals surface area contributed by atoms with Crippen molar-refractivity contribution in [1.82, 2.24) is 4.72 Å². The fourth-order valence-electron chi connectivity index (χ4n) is 2.18. The molecule has 0 spiro atoms. The molecule has 0 aromatic carbocycles. The standard InChI is InChI=1S/C13H27NO3S/c1-11(2)6-9-18(16,17)14-10-13(15)7-4-12(3)5-8-13/h11-12,14-15H,4-10H2,1-3H3. The van der Waals surface area contributed by atoms with Crippen LogP contribution in [0.25, 0.3) is 0 Å². The van der Waals surface area contributed by atoms with E-state index in [-0.39, 0.29) is 12.3 Å². The van der Waals surface area contributed by atoms with Gasteiger partial charge in [0.15, 0.2) is 0 Å². The molecule has 4 nitrogen and oxygen atoms in total. The van der Waals surface area contributed by atoms with Crippen molar-refractivity contribution in [2.45, 2.75) is 58.5 Å². The molecule has 0 aliphatic heterocycles. The first kappa shape index (κ1) is 15.9. The lowest BCUT2D eigenvalue weighted by Crippen LogP contribution is -2.45. The largest absolute Gasteiger partial charge is 0.389 e. The van der Waals surface area contributed by atoms with Gasteiger partial charge in [0, 0.05) is 6.54 Å². The van der Waals surface area contributed by atoms with Gasteiger partial charge in [0.1, 0.15) is 0 Å². The molecular weight excluding hydrogens is 250 g/mol. The summed E-state index contributed by atoms with van der Waals surface area (Å²) in [5.41, 5.74) is -0.836. The van der Waals surface area contributed by atoms with Gasteiger partial charge < -0.3 is 5.11 Å². The van der Waals surface area contributed by atoms with Crippen LogP contribution in [0, 0.1) is 11.8 Å². The van der Waals surface area contributed by atoms with Gasteiger partial charge in [0.25, 0.3) is 0 Å². The van der Waals surface area contributed by atoms with Crippen LogP contribution in [0.2, 0.25) is 0 Å². The predicted octanol–water partition coefficient (Wildman–Crippen LogP) is 1.89. The molecule has 1 rings (SSSR count). The van der Waals surface area contributed by atoms with Crippen molar-refractivity contribution in [1.29, 1.82) is 0 Å². The van der Waals surface area contributed by atoms with E-state index < -0.39 is 15.6 Å². The summed E-state index contributed by atoms with van der Waals surface area (Å²) in [5.74, 6) is 1.17. The molecule has 0 radical (unpaired) electrons. The third kappa shape index (κ3) is 5.67. The van der Waals surface area contributed by atoms with Gasteiger partial charge in [-0.1, -0.05) is 20.8 Å². The van der Waals surface area contributed by atoms with Crippen LogP contribution in [0.15, 0.2) is 0 Å². The summed E-state index contributed by atoms with van der Waals surface area (Å²) < 4.78 is 26.1. The highest BCUT2D eigenvalue weighted by molar-refractivity contribution is 7.89. The monoisotopic (exact) mass is 277 g/mol. The third-order valence-corrected chi connectivity index (χ3v) is 5.15. The van der Waals surface area contributed by atoms with Crippen molar-refractivity contribution in [3.05, 3.63) is 0 Å². The third-order valence-electron chi connectivity index (χ3n) is 3.79. The van der Waals surface area contributed by atoms with E-state index in [0.29, 0.717) is 31.1 Å². The highest BCUT2D eigenvalue weighted by Gasteiger charge is 2.32. The van der Waals surface area contributed by atoms with Crippen molar-refractivity contribution < 1.29 is 13.5 Å². The van der Waals surface area contributed by atoms with E-state index in [4.69, 9.17) is 0 Å². The normalized spacial score (nSPS) is 29.7. The topological polar surface area (TPSA) is 66.4 Å². The quantitative estimate of drug-likeness (QED) is 0.779. The van der Waals surface area contributed by atoms with Crippen LogP contribution in [0.3, 0.4) is 0 Å². The molecule has 1 fully saturated rings. The summed E-state index contributed by atoms with van der Waals surface area (Å²) in [7, 11) is -3.24. The van der Waals surface area contributed by atoms with Crippen LogP contribution in [0.4, 0.5) is 0 Å². The van der Waals surface area contributed by atoms with Crippen LogP contribution in [0.1, 0.15) is 52.9 Å². The molecule has 0 heterocycles. The zero-order valence-corrected chi connectivity index (χ0v) is 12.6. The molecule has 18 heavy (non-hydrogen) atoms. The van der Waals surface area contributed by atoms with Crippen LogP contribution >= 0.6 is 0 Å². The summed E-state index contributed by atoms with van der Waals surface area (Å²) in [6.07, 6.45) is 4.00. The Labute approximate surface area is 111 Å². The minimum Gasteiger partial charge on any atom is -0.389 e. The molecule has 108 valence electrons. The van der Waals surface area contributed by atoms with E-state index >= 15 is 0 Å². The molecule has 0 saturated heterocycles. The summed E-state index contributed by atoms with van der Waals surface area (Å²) >= 11 is 0. The Hall–Kier alpha value is -0.130. The molecule has 0 bridgehead atoms. The number of nitrogens with one attached hydrogen (secondary N) is 1. The van der Waals surface area contributed by atoms with Crippen molar-refractivity contribution in [2.75, 3.05) is 12.3 Å². The summed E-state index contributed by atoms with van der Waals surface area (Å²) in [5, 5.41) is 10.3. The average molecular weight is 277 g/mol. The van der Waals surface area contributed by atoms with E-state index in [1.54, 1.807) is 0 Å². The lowest BCUT2D eigenvalue weighted by molar-refractivity contribution is -0.00182. The number of hydrogen-bond donors (Lipinski definition) is 2. The van der Waals surface area contributed by atoms with Gasteiger partial charge in [-0.2, -0.15) is 0 Å². The minimum atomic E-state index is -3.24. The van der Waals surface area contributed by atoms with Crippen molar-refractivity contribution >= 4 is 10.0 Å². The SMILES string of the molecule is CC(C)CCS(=O)(=O)NCC1(O)CCC(C)CC1. The molecule has 1 saturated carbocycles. The summed E-state index contributed by atoms with van der Waals surface area (Å²) in [4.78, 5) is 0. The summed E-state index contributed by atoms with van der Waals surface area (Å²) in [6.45, 7) is 6.35. The Bertz CT molecular complexity index is 343. The van der Waals surface area contributed by atoms with Gasteiger partial charge in [-0.25, -0.2) is 13.1 Å². The Morgan fingerprint density at radius 3 is 2.39 bits per heavy atom. The Morgan fingerprint density at radius 2 is 1.89 bits per heavy atom. The zero-order chi connectivity index (χ0) is 13.8. The highest BCUT2D eigenvalue weighted by atomic mass is 32.2. The maximum absolute atomic E-state index is 11.8. The fourth-order valence-corrected chi connectivity index (χ4v) is 3.60. The highest BCUT2D eigenvalue weighted by Crippen LogP contribution is 2.31. The predicted molar refractivity (Wildman–Crippen MR) is 73.8 cm³/mol. The van der Waals surface area contributed by atoms with E-state index in [9.17, 15) is 13.5 Å². The fraction of sp³-hybridized carbons (Fsp3) is 1.00. The van der Waals surface area contributed by atoms with Gasteiger partial charge >= 0.3 is 0 Å². The number of sulfonamides is 1. The van der Waals surface area contributed by atoms with E-state index in [2.05, 4.69) is 11.6 Å². The molecule has 0 atom stereocenters. The van der Waals surface area contributed by atoms with E-state index in [1.807, 2.05) is 13.8 Å². The van der Waals surface area contributed by atoms with Crippen LogP contribution < -0.4 is 4.72 Å². The van der Waals surface area contributed by atoms with Gasteiger partial charge in [-0.3, -0.25) is 0 Å². The first-order valence-electron chi connectivity index (χ1n) is 6.92. The smallest absolute Gasteiger partial charge is 0.211 e. The second kappa shape index (κ2) is 6.35. The van der Waals surface area contributed by atoms with Crippen molar-refractivity contribution in [2.24, 2.45) is 11.8 Å². The second-order valence-electron chi connectivity index (χ2n) is 6.23. The Kier molecular flexibility index (Phi) is 5.62. The minimum absolute atomic E-state index is 0.150. The van der Waals surface area contributed by atoms with E-state index in [1.165, 1.54) is 0 Å². The zero-order valence-electron chi connectivity index (χ0n) is 11.8. The molecular formula is C13H27NO3S. The molecule has 0 aromatic heterocycles. The maximum Gasteiger partial charge on any atom is 0.211 e. The van der Waals surface area contributed by atoms with Crippen LogP contribution in [-0.2, 0) is 10.0 Å². The van der Waals surface area contributed by atoms with Crippen LogP contribution in [0.5, 0.6) is 0 Å². The summed E-state index contributed by atoms with van der Waals surface area (Å²) in [6, 6.07) is 0. The lowest BCUT2D eigenvalue weighted by atomic mass is 9.80. The molecule has 0 unspecified atom stereocenters. The number of hydrogen-bond acceptors (Lipinski definition) is 3. The van der Waals surface area contributed by atoms with E-state index in [0.717, 1.165) is 12.8 Å². The van der Waals surface area contributed by atoms with Crippen LogP contribution in [-0.4, -0.2) is 31.4 Å². The second-order valence-corrected chi connectivity index (χ2v) is 8.16. The molecule has 1 aliphatic rings. The molecule has 1 aliphatic carbocycles. The number of aliphatic hydroxyl groups is 1. The first-order chi connectivity index (χ1) is 8.22. The van der Waals surface area contributed by atoms with Gasteiger partial charge in [0.05, 0.1) is 11.4 Å².